The first kappa shape index (κ1) is 18.0. The lowest BCUT2D eigenvalue weighted by molar-refractivity contribution is 0.897. The topological polar surface area (TPSA) is 12.9 Å². The van der Waals surface area contributed by atoms with Crippen molar-refractivity contribution >= 4 is 24.0 Å². The van der Waals surface area contributed by atoms with Crippen LogP contribution in [-0.2, 0) is 19.3 Å². The molecule has 4 rings (SSSR count). The van der Waals surface area contributed by atoms with Crippen LogP contribution in [0, 0.1) is 6.92 Å². The molecule has 1 aliphatic rings. The molecule has 0 spiro atoms. The Hall–Kier alpha value is -1.83. The second-order valence-electron chi connectivity index (χ2n) is 6.62. The summed E-state index contributed by atoms with van der Waals surface area (Å²) in [7, 11) is 0. The van der Waals surface area contributed by atoms with Crippen molar-refractivity contribution in [2.75, 3.05) is 0 Å². The Kier molecular flexibility index (Phi) is 5.46. The number of hydrogen-bond donors (Lipinski definition) is 0. The third kappa shape index (κ3) is 3.89. The van der Waals surface area contributed by atoms with Gasteiger partial charge in [-0.25, -0.2) is 0 Å². The highest BCUT2D eigenvalue weighted by molar-refractivity contribution is 6.30. The van der Waals surface area contributed by atoms with Gasteiger partial charge in [0.2, 0.25) is 0 Å². The quantitative estimate of drug-likeness (QED) is 0.534. The smallest absolute Gasteiger partial charge is 0.0708 e. The van der Waals surface area contributed by atoms with Gasteiger partial charge in [-0.3, -0.25) is 4.98 Å². The molecule has 25 heavy (non-hydrogen) atoms. The molecule has 1 aliphatic carbocycles. The average Bonchev–Trinajstić information content (AvgIpc) is 3.06. The summed E-state index contributed by atoms with van der Waals surface area (Å²) in [4.78, 5) is 4.92. The zero-order valence-corrected chi connectivity index (χ0v) is 15.8. The second-order valence-corrected chi connectivity index (χ2v) is 7.05. The number of benzene rings is 2. The molecular weight excluding hydrogens is 349 g/mol. The zero-order chi connectivity index (χ0) is 16.5. The molecule has 0 saturated carbocycles. The predicted molar refractivity (Wildman–Crippen MR) is 108 cm³/mol. The fourth-order valence-corrected chi connectivity index (χ4v) is 3.70. The van der Waals surface area contributed by atoms with Crippen molar-refractivity contribution in [3.63, 3.8) is 0 Å². The monoisotopic (exact) mass is 369 g/mol. The standard InChI is InChI=1S/C22H20ClN.ClH/c1-15-8-10-16(11-9-15)12-18-14-22(17-4-2-5-19(23)13-17)24-21-7-3-6-20(18)21;/h2,4-5,8-11,13-14H,3,6-7,12H2,1H3;1H. The Labute approximate surface area is 160 Å². The van der Waals surface area contributed by atoms with Gasteiger partial charge in [0.15, 0.2) is 0 Å². The number of hydrogen-bond acceptors (Lipinski definition) is 1. The summed E-state index contributed by atoms with van der Waals surface area (Å²) in [6.07, 6.45) is 4.42. The summed E-state index contributed by atoms with van der Waals surface area (Å²) in [6, 6.07) is 19.1. The maximum Gasteiger partial charge on any atom is 0.0708 e. The van der Waals surface area contributed by atoms with E-state index in [1.165, 1.54) is 34.4 Å². The molecular formula is C22H21Cl2N. The van der Waals surface area contributed by atoms with Crippen LogP contribution in [0.3, 0.4) is 0 Å². The highest BCUT2D eigenvalue weighted by Crippen LogP contribution is 2.31. The molecule has 3 aromatic rings. The molecule has 128 valence electrons. The van der Waals surface area contributed by atoms with Crippen molar-refractivity contribution in [3.05, 3.63) is 87.6 Å². The predicted octanol–water partition coefficient (Wildman–Crippen LogP) is 6.21. The van der Waals surface area contributed by atoms with Crippen molar-refractivity contribution in [1.82, 2.24) is 4.98 Å². The minimum Gasteiger partial charge on any atom is -0.253 e. The molecule has 0 radical (unpaired) electrons. The molecule has 0 amide bonds. The lowest BCUT2D eigenvalue weighted by atomic mass is 9.97. The molecule has 0 unspecified atom stereocenters. The molecule has 0 atom stereocenters. The number of rotatable bonds is 3. The van der Waals surface area contributed by atoms with Gasteiger partial charge in [-0.1, -0.05) is 53.6 Å². The van der Waals surface area contributed by atoms with Crippen LogP contribution in [0.25, 0.3) is 11.3 Å². The number of aryl methyl sites for hydroxylation is 2. The van der Waals surface area contributed by atoms with Gasteiger partial charge < -0.3 is 0 Å². The van der Waals surface area contributed by atoms with Crippen molar-refractivity contribution < 1.29 is 0 Å². The van der Waals surface area contributed by atoms with Crippen LogP contribution in [0.1, 0.15) is 34.4 Å². The Morgan fingerprint density at radius 3 is 2.56 bits per heavy atom. The highest BCUT2D eigenvalue weighted by Gasteiger charge is 2.18. The van der Waals surface area contributed by atoms with Crippen LogP contribution in [0.15, 0.2) is 54.6 Å². The van der Waals surface area contributed by atoms with Crippen molar-refractivity contribution in [2.24, 2.45) is 0 Å². The van der Waals surface area contributed by atoms with E-state index < -0.39 is 0 Å². The van der Waals surface area contributed by atoms with E-state index in [-0.39, 0.29) is 12.4 Å². The maximum absolute atomic E-state index is 6.17. The third-order valence-electron chi connectivity index (χ3n) is 4.78. The molecule has 0 N–H and O–H groups in total. The lowest BCUT2D eigenvalue weighted by Gasteiger charge is -2.12. The Morgan fingerprint density at radius 2 is 1.80 bits per heavy atom. The Bertz CT molecular complexity index is 885. The van der Waals surface area contributed by atoms with E-state index in [2.05, 4.69) is 43.3 Å². The second kappa shape index (κ2) is 7.59. The first-order valence-corrected chi connectivity index (χ1v) is 8.90. The summed E-state index contributed by atoms with van der Waals surface area (Å²) >= 11 is 6.17. The van der Waals surface area contributed by atoms with E-state index in [0.717, 1.165) is 35.5 Å². The van der Waals surface area contributed by atoms with Crippen molar-refractivity contribution in [1.29, 1.82) is 0 Å². The molecule has 1 heterocycles. The fourth-order valence-electron chi connectivity index (χ4n) is 3.51. The van der Waals surface area contributed by atoms with E-state index in [1.54, 1.807) is 0 Å². The van der Waals surface area contributed by atoms with Gasteiger partial charge in [0.05, 0.1) is 5.69 Å². The van der Waals surface area contributed by atoms with Crippen LogP contribution < -0.4 is 0 Å². The van der Waals surface area contributed by atoms with Crippen LogP contribution in [0.5, 0.6) is 0 Å². The van der Waals surface area contributed by atoms with Gasteiger partial charge in [-0.15, -0.1) is 12.4 Å². The molecule has 0 bridgehead atoms. The first-order chi connectivity index (χ1) is 11.7. The summed E-state index contributed by atoms with van der Waals surface area (Å²) in [5.41, 5.74) is 8.95. The van der Waals surface area contributed by atoms with Gasteiger partial charge in [0.25, 0.3) is 0 Å². The molecule has 1 aromatic heterocycles. The summed E-state index contributed by atoms with van der Waals surface area (Å²) in [6.45, 7) is 2.13. The molecule has 2 aromatic carbocycles. The minimum atomic E-state index is 0. The van der Waals surface area contributed by atoms with E-state index in [0.29, 0.717) is 0 Å². The van der Waals surface area contributed by atoms with Gasteiger partial charge in [0.1, 0.15) is 0 Å². The normalized spacial score (nSPS) is 12.6. The van der Waals surface area contributed by atoms with Crippen molar-refractivity contribution in [2.45, 2.75) is 32.6 Å². The van der Waals surface area contributed by atoms with E-state index in [1.807, 2.05) is 18.2 Å². The van der Waals surface area contributed by atoms with Crippen LogP contribution in [0.2, 0.25) is 5.02 Å². The molecule has 3 heteroatoms. The summed E-state index contributed by atoms with van der Waals surface area (Å²) in [5, 5.41) is 0.759. The van der Waals surface area contributed by atoms with Crippen LogP contribution >= 0.6 is 24.0 Å². The largest absolute Gasteiger partial charge is 0.253 e. The number of halogens is 2. The number of pyridine rings is 1. The first-order valence-electron chi connectivity index (χ1n) is 8.52. The summed E-state index contributed by atoms with van der Waals surface area (Å²) in [5.74, 6) is 0. The maximum atomic E-state index is 6.17. The SMILES string of the molecule is Cc1ccc(Cc2cc(-c3cccc(Cl)c3)nc3c2CCC3)cc1.Cl. The lowest BCUT2D eigenvalue weighted by Crippen LogP contribution is -2.00. The minimum absolute atomic E-state index is 0. The fraction of sp³-hybridized carbons (Fsp3) is 0.227. The van der Waals surface area contributed by atoms with Gasteiger partial charge in [-0.05, 0) is 67.5 Å². The number of fused-ring (bicyclic) bond motifs is 1. The van der Waals surface area contributed by atoms with Gasteiger partial charge >= 0.3 is 0 Å². The third-order valence-corrected chi connectivity index (χ3v) is 5.01. The molecule has 0 aliphatic heterocycles. The van der Waals surface area contributed by atoms with Gasteiger partial charge in [-0.2, -0.15) is 0 Å². The van der Waals surface area contributed by atoms with Crippen LogP contribution in [-0.4, -0.2) is 4.98 Å². The summed E-state index contributed by atoms with van der Waals surface area (Å²) < 4.78 is 0. The highest BCUT2D eigenvalue weighted by atomic mass is 35.5. The number of aromatic nitrogens is 1. The zero-order valence-electron chi connectivity index (χ0n) is 14.3. The average molecular weight is 370 g/mol. The Balaban J connectivity index is 0.00000182. The number of nitrogens with zero attached hydrogens (tertiary/aromatic N) is 1. The molecule has 0 fully saturated rings. The van der Waals surface area contributed by atoms with Crippen LogP contribution in [0.4, 0.5) is 0 Å². The Morgan fingerprint density at radius 1 is 1.00 bits per heavy atom. The van der Waals surface area contributed by atoms with Crippen molar-refractivity contribution in [3.8, 4) is 11.3 Å². The molecule has 1 nitrogen and oxygen atoms in total. The van der Waals surface area contributed by atoms with E-state index >= 15 is 0 Å². The van der Waals surface area contributed by atoms with E-state index in [9.17, 15) is 0 Å². The van der Waals surface area contributed by atoms with E-state index in [4.69, 9.17) is 16.6 Å². The molecule has 0 saturated heterocycles. The van der Waals surface area contributed by atoms with Gasteiger partial charge in [0, 0.05) is 16.3 Å².